The van der Waals surface area contributed by atoms with Crippen molar-refractivity contribution in [2.45, 2.75) is 33.1 Å². The summed E-state index contributed by atoms with van der Waals surface area (Å²) in [7, 11) is 0. The lowest BCUT2D eigenvalue weighted by atomic mass is 10.1. The Morgan fingerprint density at radius 1 is 1.22 bits per heavy atom. The highest BCUT2D eigenvalue weighted by Crippen LogP contribution is 2.36. The van der Waals surface area contributed by atoms with Crippen molar-refractivity contribution in [3.63, 3.8) is 0 Å². The van der Waals surface area contributed by atoms with Crippen LogP contribution in [0.5, 0.6) is 11.5 Å². The highest BCUT2D eigenvalue weighted by Gasteiger charge is 2.16. The Morgan fingerprint density at radius 3 is 2.69 bits per heavy atom. The second kappa shape index (κ2) is 10.9. The second-order valence-corrected chi connectivity index (χ2v) is 8.93. The molecule has 0 aliphatic rings. The first-order chi connectivity index (χ1) is 15.4. The second-order valence-electron chi connectivity index (χ2n) is 7.16. The Hall–Kier alpha value is -2.45. The van der Waals surface area contributed by atoms with E-state index in [0.29, 0.717) is 41.4 Å². The SMILES string of the molecule is C=CCOc1c(Br)cc(C=Nn2c([C@H](C)CC)nc3ccc(Br)cc3c2=O)cc1OCC. The first kappa shape index (κ1) is 24.2. The third-order valence-electron chi connectivity index (χ3n) is 4.89. The summed E-state index contributed by atoms with van der Waals surface area (Å²) in [6.45, 7) is 10.5. The Kier molecular flexibility index (Phi) is 8.26. The van der Waals surface area contributed by atoms with Gasteiger partial charge in [-0.3, -0.25) is 4.79 Å². The minimum absolute atomic E-state index is 0.0632. The molecule has 3 aromatic rings. The maximum atomic E-state index is 13.3. The summed E-state index contributed by atoms with van der Waals surface area (Å²) in [5.74, 6) is 1.87. The average molecular weight is 563 g/mol. The first-order valence-electron chi connectivity index (χ1n) is 10.4. The molecule has 0 unspecified atom stereocenters. The monoisotopic (exact) mass is 561 g/mol. The van der Waals surface area contributed by atoms with E-state index in [4.69, 9.17) is 14.5 Å². The summed E-state index contributed by atoms with van der Waals surface area (Å²) in [5.41, 5.74) is 1.20. The molecule has 6 nitrogen and oxygen atoms in total. The summed E-state index contributed by atoms with van der Waals surface area (Å²) in [5, 5.41) is 5.03. The maximum absolute atomic E-state index is 13.3. The van der Waals surface area contributed by atoms with Crippen molar-refractivity contribution in [2.75, 3.05) is 13.2 Å². The molecule has 0 aliphatic heterocycles. The summed E-state index contributed by atoms with van der Waals surface area (Å²) < 4.78 is 14.4. The van der Waals surface area contributed by atoms with Crippen molar-refractivity contribution in [1.29, 1.82) is 0 Å². The molecule has 3 rings (SSSR count). The van der Waals surface area contributed by atoms with Gasteiger partial charge in [0.05, 0.1) is 28.2 Å². The van der Waals surface area contributed by atoms with Gasteiger partial charge in [0.15, 0.2) is 11.5 Å². The smallest absolute Gasteiger partial charge is 0.282 e. The van der Waals surface area contributed by atoms with E-state index in [9.17, 15) is 4.79 Å². The maximum Gasteiger partial charge on any atom is 0.282 e. The zero-order chi connectivity index (χ0) is 23.3. The van der Waals surface area contributed by atoms with Gasteiger partial charge in [0.1, 0.15) is 12.4 Å². The molecule has 2 aromatic carbocycles. The molecule has 0 radical (unpaired) electrons. The Labute approximate surface area is 204 Å². The van der Waals surface area contributed by atoms with Gasteiger partial charge in [-0.15, -0.1) is 0 Å². The third kappa shape index (κ3) is 5.30. The van der Waals surface area contributed by atoms with Crippen LogP contribution in [0, 0.1) is 0 Å². The van der Waals surface area contributed by atoms with Crippen LogP contribution >= 0.6 is 31.9 Å². The molecule has 0 saturated heterocycles. The molecule has 0 spiro atoms. The van der Waals surface area contributed by atoms with Crippen molar-refractivity contribution in [3.8, 4) is 11.5 Å². The van der Waals surface area contributed by atoms with Crippen LogP contribution in [0.3, 0.4) is 0 Å². The molecular weight excluding hydrogens is 538 g/mol. The van der Waals surface area contributed by atoms with E-state index in [-0.39, 0.29) is 11.5 Å². The fourth-order valence-electron chi connectivity index (χ4n) is 3.11. The zero-order valence-electron chi connectivity index (χ0n) is 18.3. The highest BCUT2D eigenvalue weighted by atomic mass is 79.9. The summed E-state index contributed by atoms with van der Waals surface area (Å²) in [6, 6.07) is 9.19. The molecule has 0 N–H and O–H groups in total. The van der Waals surface area contributed by atoms with Gasteiger partial charge < -0.3 is 9.47 Å². The van der Waals surface area contributed by atoms with Crippen LogP contribution in [0.4, 0.5) is 0 Å². The minimum atomic E-state index is -0.210. The highest BCUT2D eigenvalue weighted by molar-refractivity contribution is 9.10. The molecule has 32 heavy (non-hydrogen) atoms. The predicted octanol–water partition coefficient (Wildman–Crippen LogP) is 6.28. The van der Waals surface area contributed by atoms with E-state index < -0.39 is 0 Å². The molecule has 0 bridgehead atoms. The summed E-state index contributed by atoms with van der Waals surface area (Å²) >= 11 is 6.97. The van der Waals surface area contributed by atoms with Crippen LogP contribution < -0.4 is 15.0 Å². The first-order valence-corrected chi connectivity index (χ1v) is 11.9. The van der Waals surface area contributed by atoms with Crippen LogP contribution in [0.15, 0.2) is 61.8 Å². The number of benzene rings is 2. The van der Waals surface area contributed by atoms with Crippen LogP contribution in [0.25, 0.3) is 10.9 Å². The fraction of sp³-hybridized carbons (Fsp3) is 0.292. The van der Waals surface area contributed by atoms with Gasteiger partial charge in [0.2, 0.25) is 0 Å². The number of aromatic nitrogens is 2. The van der Waals surface area contributed by atoms with Gasteiger partial charge in [0, 0.05) is 10.4 Å². The fourth-order valence-corrected chi connectivity index (χ4v) is 4.05. The molecular formula is C24H25Br2N3O3. The lowest BCUT2D eigenvalue weighted by Crippen LogP contribution is -2.23. The van der Waals surface area contributed by atoms with Gasteiger partial charge in [-0.05, 0) is 65.2 Å². The van der Waals surface area contributed by atoms with Gasteiger partial charge >= 0.3 is 0 Å². The molecule has 168 valence electrons. The molecule has 1 aromatic heterocycles. The number of halogens is 2. The number of hydrogen-bond acceptors (Lipinski definition) is 5. The number of fused-ring (bicyclic) bond motifs is 1. The summed E-state index contributed by atoms with van der Waals surface area (Å²) in [6.07, 6.45) is 4.13. The topological polar surface area (TPSA) is 65.7 Å². The van der Waals surface area contributed by atoms with Crippen LogP contribution in [0.2, 0.25) is 0 Å². The van der Waals surface area contributed by atoms with Gasteiger partial charge in [-0.1, -0.05) is 42.4 Å². The quantitative estimate of drug-likeness (QED) is 0.227. The number of ether oxygens (including phenoxy) is 2. The van der Waals surface area contributed by atoms with Crippen LogP contribution in [-0.4, -0.2) is 29.1 Å². The average Bonchev–Trinajstić information content (AvgIpc) is 2.78. The number of nitrogens with zero attached hydrogens (tertiary/aromatic N) is 3. The Balaban J connectivity index is 2.12. The van der Waals surface area contributed by atoms with E-state index in [1.165, 1.54) is 4.68 Å². The Morgan fingerprint density at radius 2 is 2.00 bits per heavy atom. The van der Waals surface area contributed by atoms with Crippen LogP contribution in [0.1, 0.15) is 44.5 Å². The lowest BCUT2D eigenvalue weighted by molar-refractivity contribution is 0.295. The van der Waals surface area contributed by atoms with Gasteiger partial charge in [0.25, 0.3) is 5.56 Å². The molecule has 1 heterocycles. The minimum Gasteiger partial charge on any atom is -0.490 e. The van der Waals surface area contributed by atoms with Crippen molar-refractivity contribution in [2.24, 2.45) is 5.10 Å². The van der Waals surface area contributed by atoms with Crippen molar-refractivity contribution < 1.29 is 9.47 Å². The van der Waals surface area contributed by atoms with Crippen LogP contribution in [-0.2, 0) is 0 Å². The molecule has 0 amide bonds. The van der Waals surface area contributed by atoms with E-state index >= 15 is 0 Å². The number of rotatable bonds is 9. The standard InChI is InChI=1S/C24H25Br2N3O3/c1-5-10-32-22-19(26)11-16(12-21(22)31-7-3)14-27-29-23(15(4)6-2)28-20-9-8-17(25)13-18(20)24(29)30/h5,8-9,11-15H,1,6-7,10H2,2-4H3/t15-/m1/s1. The normalized spacial score (nSPS) is 12.3. The van der Waals surface area contributed by atoms with Crippen molar-refractivity contribution in [1.82, 2.24) is 9.66 Å². The van der Waals surface area contributed by atoms with Gasteiger partial charge in [-0.25, -0.2) is 4.98 Å². The largest absolute Gasteiger partial charge is 0.490 e. The Bertz CT molecular complexity index is 1220. The molecule has 0 aliphatic carbocycles. The summed E-state index contributed by atoms with van der Waals surface area (Å²) in [4.78, 5) is 18.0. The third-order valence-corrected chi connectivity index (χ3v) is 5.97. The lowest BCUT2D eigenvalue weighted by Gasteiger charge is -2.15. The molecule has 0 fully saturated rings. The molecule has 1 atom stereocenters. The van der Waals surface area contributed by atoms with Crippen molar-refractivity contribution >= 4 is 49.0 Å². The number of hydrogen-bond donors (Lipinski definition) is 0. The van der Waals surface area contributed by atoms with E-state index in [1.807, 2.05) is 38.1 Å². The zero-order valence-corrected chi connectivity index (χ0v) is 21.4. The van der Waals surface area contributed by atoms with Crippen molar-refractivity contribution in [3.05, 3.63) is 73.7 Å². The van der Waals surface area contributed by atoms with E-state index in [0.717, 1.165) is 20.9 Å². The van der Waals surface area contributed by atoms with E-state index in [2.05, 4.69) is 50.5 Å². The predicted molar refractivity (Wildman–Crippen MR) is 136 cm³/mol. The van der Waals surface area contributed by atoms with Gasteiger partial charge in [-0.2, -0.15) is 9.78 Å². The molecule has 0 saturated carbocycles. The van der Waals surface area contributed by atoms with E-state index in [1.54, 1.807) is 18.4 Å². The molecule has 8 heteroatoms.